The van der Waals surface area contributed by atoms with Crippen molar-refractivity contribution in [2.75, 3.05) is 30.2 Å². The molecule has 0 N–H and O–H groups in total. The molecule has 0 heterocycles. The molecule has 0 aliphatic carbocycles. The highest BCUT2D eigenvalue weighted by Crippen LogP contribution is 2.23. The number of nitrogens with zero attached hydrogens (tertiary/aromatic N) is 2. The number of esters is 2. The van der Waals surface area contributed by atoms with Crippen LogP contribution in [-0.4, -0.2) is 50.7 Å². The van der Waals surface area contributed by atoms with E-state index in [1.54, 1.807) is 32.8 Å². The lowest BCUT2D eigenvalue weighted by Crippen LogP contribution is -2.27. The van der Waals surface area contributed by atoms with Crippen molar-refractivity contribution in [1.29, 1.82) is 0 Å². The van der Waals surface area contributed by atoms with E-state index in [-0.39, 0.29) is 32.7 Å². The molecule has 4 rings (SSSR count). The van der Waals surface area contributed by atoms with Crippen LogP contribution >= 0.6 is 59.6 Å². The van der Waals surface area contributed by atoms with Crippen molar-refractivity contribution in [1.82, 2.24) is 0 Å². The number of thiocarbonyl (C=S) groups is 2. The zero-order valence-electron chi connectivity index (χ0n) is 30.5. The summed E-state index contributed by atoms with van der Waals surface area (Å²) < 4.78 is 10.2. The van der Waals surface area contributed by atoms with Gasteiger partial charge < -0.3 is 26.6 Å². The molecular formula is C40H48ClN2O5S4-. The number of anilines is 2. The van der Waals surface area contributed by atoms with Crippen LogP contribution in [0.15, 0.2) is 121 Å². The molecule has 0 spiro atoms. The van der Waals surface area contributed by atoms with E-state index in [1.807, 2.05) is 72.8 Å². The smallest absolute Gasteiger partial charge is 0.319 e. The highest BCUT2D eigenvalue weighted by molar-refractivity contribution is 8.27. The fourth-order valence-electron chi connectivity index (χ4n) is 4.16. The van der Waals surface area contributed by atoms with Gasteiger partial charge in [0, 0.05) is 19.3 Å². The highest BCUT2D eigenvalue weighted by atomic mass is 35.5. The minimum Gasteiger partial charge on any atom is -0.465 e. The third kappa shape index (κ3) is 19.3. The van der Waals surface area contributed by atoms with Crippen molar-refractivity contribution in [2.45, 2.75) is 51.3 Å². The first kappa shape index (κ1) is 46.4. The number of para-hydroxylation sites is 2. The van der Waals surface area contributed by atoms with Crippen LogP contribution in [0.1, 0.15) is 38.8 Å². The predicted octanol–water partition coefficient (Wildman–Crippen LogP) is 10.6. The number of halogens is 1. The topological polar surface area (TPSA) is 68.3 Å². The summed E-state index contributed by atoms with van der Waals surface area (Å²) in [6, 6.07) is 40.6. The first-order valence-electron chi connectivity index (χ1n) is 16.3. The van der Waals surface area contributed by atoms with Crippen molar-refractivity contribution < 1.29 is 23.9 Å². The summed E-state index contributed by atoms with van der Waals surface area (Å²) in [7, 11) is 2.11. The Morgan fingerprint density at radius 2 is 1.04 bits per heavy atom. The molecular weight excluding hydrogens is 752 g/mol. The lowest BCUT2D eigenvalue weighted by Gasteiger charge is -2.25. The van der Waals surface area contributed by atoms with E-state index in [0.29, 0.717) is 19.8 Å². The normalized spacial score (nSPS) is 11.0. The summed E-state index contributed by atoms with van der Waals surface area (Å²) in [4.78, 5) is 30.8. The van der Waals surface area contributed by atoms with Crippen molar-refractivity contribution in [3.05, 3.63) is 140 Å². The second-order valence-electron chi connectivity index (χ2n) is 10.6. The number of hydroxylamine groups is 1. The Kier molecular flexibility index (Phi) is 24.2. The van der Waals surface area contributed by atoms with Gasteiger partial charge in [0.2, 0.25) is 0 Å². The van der Waals surface area contributed by atoms with Crippen LogP contribution in [0.25, 0.3) is 0 Å². The molecule has 0 bridgehead atoms. The summed E-state index contributed by atoms with van der Waals surface area (Å²) in [6.07, 6.45) is 0. The Morgan fingerprint density at radius 1 is 0.654 bits per heavy atom. The van der Waals surface area contributed by atoms with Crippen LogP contribution in [0.5, 0.6) is 0 Å². The molecule has 0 saturated heterocycles. The van der Waals surface area contributed by atoms with Gasteiger partial charge in [0.1, 0.15) is 14.2 Å². The Balaban J connectivity index is 0.000000426. The van der Waals surface area contributed by atoms with Gasteiger partial charge in [-0.15, -0.1) is 0 Å². The fraction of sp³-hybridized carbons (Fsp3) is 0.275. The molecule has 2 atom stereocenters. The van der Waals surface area contributed by atoms with Crippen molar-refractivity contribution in [2.24, 2.45) is 0 Å². The van der Waals surface area contributed by atoms with Crippen LogP contribution < -0.4 is 9.96 Å². The number of carbonyl (C=O) groups excluding carboxylic acids is 2. The molecule has 12 heteroatoms. The van der Waals surface area contributed by atoms with Gasteiger partial charge in [-0.25, -0.2) is 5.06 Å². The summed E-state index contributed by atoms with van der Waals surface area (Å²) >= 11 is 17.6. The first-order chi connectivity index (χ1) is 24.5. The maximum Gasteiger partial charge on any atom is 0.319 e. The number of benzene rings is 4. The van der Waals surface area contributed by atoms with E-state index in [2.05, 4.69) is 72.7 Å². The van der Waals surface area contributed by atoms with Gasteiger partial charge in [0.15, 0.2) is 0 Å². The van der Waals surface area contributed by atoms with Crippen molar-refractivity contribution in [3.63, 3.8) is 0 Å². The van der Waals surface area contributed by atoms with E-state index in [9.17, 15) is 9.59 Å². The minimum absolute atomic E-state index is 0. The van der Waals surface area contributed by atoms with Crippen LogP contribution in [0.4, 0.5) is 11.4 Å². The van der Waals surface area contributed by atoms with Crippen LogP contribution in [0, 0.1) is 7.43 Å². The predicted molar refractivity (Wildman–Crippen MR) is 230 cm³/mol. The highest BCUT2D eigenvalue weighted by Gasteiger charge is 2.20. The lowest BCUT2D eigenvalue weighted by molar-refractivity contribution is -0.142. The largest absolute Gasteiger partial charge is 0.465 e. The monoisotopic (exact) mass is 799 g/mol. The number of carbonyl (C=O) groups is 2. The van der Waals surface area contributed by atoms with Gasteiger partial charge in [-0.05, 0) is 75.3 Å². The average molecular weight is 801 g/mol. The maximum atomic E-state index is 11.8. The third-order valence-corrected chi connectivity index (χ3v) is 9.10. The standard InChI is InChI=1S/C19H21NO3S2.C14H15N.C6H9ClO2S2.CH3/c1-3-22-18(21)15(2)25-19(24)23-20(17-12-8-5-9-13-17)14-16-10-6-4-7-11-16;1-15(14-10-6-3-7-11-14)12-13-8-4-2-5-9-13;1-3-9-5(8)4(2)11-6(7)10;/h4-13,15H,3,14H2,1-2H3;2-11H,12H2,1H3;4H,3H2,1-2H3;1H3/q;;;-1. The van der Waals surface area contributed by atoms with Crippen LogP contribution in [0.3, 0.4) is 0 Å². The molecule has 0 radical (unpaired) electrons. The molecule has 0 saturated carbocycles. The number of ether oxygens (including phenoxy) is 2. The zero-order valence-corrected chi connectivity index (χ0v) is 34.5. The Bertz CT molecular complexity index is 1590. The number of thioether (sulfide) groups is 2. The van der Waals surface area contributed by atoms with Crippen LogP contribution in [-0.2, 0) is 37.0 Å². The van der Waals surface area contributed by atoms with Gasteiger partial charge in [-0.1, -0.05) is 144 Å². The van der Waals surface area contributed by atoms with Crippen LogP contribution in [0.2, 0.25) is 0 Å². The summed E-state index contributed by atoms with van der Waals surface area (Å²) in [5.74, 6) is -0.576. The van der Waals surface area contributed by atoms with Crippen molar-refractivity contribution >= 4 is 90.9 Å². The third-order valence-electron chi connectivity index (χ3n) is 6.64. The maximum absolute atomic E-state index is 11.8. The van der Waals surface area contributed by atoms with Crippen molar-refractivity contribution in [3.8, 4) is 0 Å². The number of hydrogen-bond donors (Lipinski definition) is 0. The van der Waals surface area contributed by atoms with E-state index in [1.165, 1.54) is 23.0 Å². The molecule has 2 unspecified atom stereocenters. The molecule has 280 valence electrons. The van der Waals surface area contributed by atoms with Gasteiger partial charge in [0.05, 0.1) is 25.4 Å². The number of hydrogen-bond acceptors (Lipinski definition) is 11. The first-order valence-corrected chi connectivity index (χ1v) is 19.2. The minimum atomic E-state index is -0.415. The summed E-state index contributed by atoms with van der Waals surface area (Å²) in [5, 5.41) is 1.00. The molecule has 4 aromatic rings. The Labute approximate surface area is 334 Å². The molecule has 4 aromatic carbocycles. The summed E-state index contributed by atoms with van der Waals surface area (Å²) in [5.41, 5.74) is 4.57. The molecule has 52 heavy (non-hydrogen) atoms. The molecule has 0 aromatic heterocycles. The molecule has 0 fully saturated rings. The van der Waals surface area contributed by atoms with Gasteiger partial charge in [0.25, 0.3) is 4.38 Å². The zero-order chi connectivity index (χ0) is 37.4. The van der Waals surface area contributed by atoms with E-state index in [4.69, 9.17) is 38.1 Å². The van der Waals surface area contributed by atoms with Gasteiger partial charge in [-0.3, -0.25) is 9.59 Å². The van der Waals surface area contributed by atoms with E-state index < -0.39 is 5.25 Å². The average Bonchev–Trinajstić information content (AvgIpc) is 3.13. The molecule has 0 aliphatic heterocycles. The van der Waals surface area contributed by atoms with E-state index in [0.717, 1.165) is 29.6 Å². The SMILES string of the molecule is CCOC(=O)C(C)SC(=S)Cl.CCOC(=O)C(C)SC(=S)ON(Cc1ccccc1)c1ccccc1.CN(Cc1ccccc1)c1ccccc1.[CH3-]. The van der Waals surface area contributed by atoms with E-state index >= 15 is 0 Å². The second kappa shape index (κ2) is 27.1. The molecule has 0 amide bonds. The molecule has 7 nitrogen and oxygen atoms in total. The number of rotatable bonds is 13. The summed E-state index contributed by atoms with van der Waals surface area (Å²) in [6.45, 7) is 9.22. The lowest BCUT2D eigenvalue weighted by atomic mass is 10.2. The van der Waals surface area contributed by atoms with Gasteiger partial charge >= 0.3 is 11.9 Å². The Hall–Kier alpha value is -3.61. The fourth-order valence-corrected chi connectivity index (χ4v) is 6.55. The second-order valence-corrected chi connectivity index (χ2v) is 15.4. The quantitative estimate of drug-likeness (QED) is 0.0427. The van der Waals surface area contributed by atoms with Gasteiger partial charge in [-0.2, -0.15) is 0 Å². The molecule has 0 aliphatic rings. The Morgan fingerprint density at radius 3 is 1.46 bits per heavy atom.